The first-order chi connectivity index (χ1) is 10.1. The lowest BCUT2D eigenvalue weighted by Crippen LogP contribution is -2.23. The van der Waals surface area contributed by atoms with Crippen LogP contribution in [0.15, 0.2) is 24.3 Å². The number of carbonyl (C=O) groups is 1. The van der Waals surface area contributed by atoms with Gasteiger partial charge < -0.3 is 10.5 Å². The van der Waals surface area contributed by atoms with Gasteiger partial charge in [0, 0.05) is 6.92 Å². The van der Waals surface area contributed by atoms with Crippen molar-refractivity contribution in [2.24, 2.45) is 5.73 Å². The molecule has 0 radical (unpaired) electrons. The van der Waals surface area contributed by atoms with Crippen LogP contribution in [0.2, 0.25) is 0 Å². The molecule has 0 fully saturated rings. The number of ether oxygens (including phenoxy) is 1. The molecule has 0 aliphatic carbocycles. The summed E-state index contributed by atoms with van der Waals surface area (Å²) in [5, 5.41) is 0. The largest absolute Gasteiger partial charge is 0.465 e. The average molecular weight is 321 g/mol. The monoisotopic (exact) mass is 321 g/mol. The summed E-state index contributed by atoms with van der Waals surface area (Å²) in [5.74, 6) is -0.377. The molecule has 1 aromatic carbocycles. The van der Waals surface area contributed by atoms with E-state index in [1.807, 2.05) is 31.2 Å². The molecule has 1 atom stereocenters. The van der Waals surface area contributed by atoms with Crippen molar-refractivity contribution in [2.75, 3.05) is 6.61 Å². The van der Waals surface area contributed by atoms with Gasteiger partial charge in [-0.2, -0.15) is 13.2 Å². The zero-order valence-electron chi connectivity index (χ0n) is 13.8. The van der Waals surface area contributed by atoms with Crippen molar-refractivity contribution in [3.63, 3.8) is 0 Å². The normalized spacial score (nSPS) is 11.3. The summed E-state index contributed by atoms with van der Waals surface area (Å²) in [6, 6.07) is 6.89. The van der Waals surface area contributed by atoms with E-state index in [-0.39, 0.29) is 12.9 Å². The molecule has 0 bridgehead atoms. The Bertz CT molecular complexity index is 414. The molecule has 0 spiro atoms. The third kappa shape index (κ3) is 14.8. The van der Waals surface area contributed by atoms with Crippen molar-refractivity contribution in [3.05, 3.63) is 35.4 Å². The predicted molar refractivity (Wildman–Crippen MR) is 82.4 cm³/mol. The summed E-state index contributed by atoms with van der Waals surface area (Å²) in [6.45, 7) is 8.52. The minimum atomic E-state index is -4.00. The number of nitrogens with two attached hydrogens (primary N) is 1. The minimum Gasteiger partial charge on any atom is -0.465 e. The molecule has 1 aromatic rings. The van der Waals surface area contributed by atoms with Crippen LogP contribution in [0.4, 0.5) is 13.2 Å². The molecule has 0 saturated carbocycles. The molecule has 0 saturated heterocycles. The number of carbonyl (C=O) groups excluding carboxylic acids is 1. The molecule has 0 aliphatic rings. The van der Waals surface area contributed by atoms with Crippen molar-refractivity contribution < 1.29 is 22.7 Å². The van der Waals surface area contributed by atoms with Crippen LogP contribution in [0.5, 0.6) is 0 Å². The van der Waals surface area contributed by atoms with E-state index in [1.165, 1.54) is 6.42 Å². The number of hydrogen-bond acceptors (Lipinski definition) is 3. The second-order valence-corrected chi connectivity index (χ2v) is 4.63. The lowest BCUT2D eigenvalue weighted by molar-refractivity contribution is -0.144. The molecule has 128 valence electrons. The summed E-state index contributed by atoms with van der Waals surface area (Å²) < 4.78 is 35.9. The van der Waals surface area contributed by atoms with E-state index in [1.54, 1.807) is 6.92 Å². The van der Waals surface area contributed by atoms with Crippen LogP contribution in [-0.4, -0.2) is 18.8 Å². The standard InChI is InChI=1S/C11H15NO2.C3H8.C2H3F3/c1-3-14-11(13)10(12)9-6-4-5-8(2)7-9;1-3-2;1-2(3,4)5/h4-7,10H,3,12H2,1-2H3;3H2,1-2H3;1H3/t10-;;/m1../s1. The van der Waals surface area contributed by atoms with Gasteiger partial charge in [-0.3, -0.25) is 0 Å². The van der Waals surface area contributed by atoms with Crippen LogP contribution in [-0.2, 0) is 9.53 Å². The van der Waals surface area contributed by atoms with Crippen LogP contribution < -0.4 is 5.73 Å². The fourth-order valence-corrected chi connectivity index (χ4v) is 1.23. The maximum Gasteiger partial charge on any atom is 0.386 e. The molecule has 6 heteroatoms. The predicted octanol–water partition coefficient (Wildman–Crippen LogP) is 4.54. The van der Waals surface area contributed by atoms with Crippen LogP contribution >= 0.6 is 0 Å². The highest BCUT2D eigenvalue weighted by Crippen LogP contribution is 2.13. The molecule has 22 heavy (non-hydrogen) atoms. The van der Waals surface area contributed by atoms with Gasteiger partial charge in [-0.15, -0.1) is 0 Å². The van der Waals surface area contributed by atoms with E-state index < -0.39 is 12.2 Å². The Labute approximate surface area is 130 Å². The zero-order valence-corrected chi connectivity index (χ0v) is 13.8. The molecule has 1 rings (SSSR count). The molecule has 0 amide bonds. The van der Waals surface area contributed by atoms with Crippen LogP contribution in [0.25, 0.3) is 0 Å². The zero-order chi connectivity index (χ0) is 17.8. The Morgan fingerprint density at radius 3 is 2.09 bits per heavy atom. The summed E-state index contributed by atoms with van der Waals surface area (Å²) in [4.78, 5) is 11.3. The summed E-state index contributed by atoms with van der Waals surface area (Å²) >= 11 is 0. The van der Waals surface area contributed by atoms with E-state index in [0.29, 0.717) is 6.61 Å². The van der Waals surface area contributed by atoms with Gasteiger partial charge in [0.05, 0.1) is 6.61 Å². The van der Waals surface area contributed by atoms with Gasteiger partial charge in [0.15, 0.2) is 0 Å². The Morgan fingerprint density at radius 2 is 1.73 bits per heavy atom. The first kappa shape index (κ1) is 22.7. The minimum absolute atomic E-state index is 0.188. The Hall–Kier alpha value is -1.56. The Balaban J connectivity index is 0. The third-order valence-electron chi connectivity index (χ3n) is 1.94. The fraction of sp³-hybridized carbons (Fsp3) is 0.562. The van der Waals surface area contributed by atoms with E-state index in [0.717, 1.165) is 11.1 Å². The maximum absolute atomic E-state index is 11.3. The second-order valence-electron chi connectivity index (χ2n) is 4.63. The summed E-state index contributed by atoms with van der Waals surface area (Å²) in [7, 11) is 0. The second kappa shape index (κ2) is 12.0. The molecule has 0 aliphatic heterocycles. The number of benzene rings is 1. The van der Waals surface area contributed by atoms with E-state index >= 15 is 0 Å². The highest BCUT2D eigenvalue weighted by Gasteiger charge is 2.16. The molecule has 0 heterocycles. The molecule has 3 nitrogen and oxygen atoms in total. The van der Waals surface area contributed by atoms with Crippen molar-refractivity contribution in [3.8, 4) is 0 Å². The number of hydrogen-bond donors (Lipinski definition) is 1. The average Bonchev–Trinajstić information content (AvgIpc) is 2.37. The van der Waals surface area contributed by atoms with Gasteiger partial charge >= 0.3 is 12.1 Å². The van der Waals surface area contributed by atoms with Gasteiger partial charge in [0.25, 0.3) is 0 Å². The smallest absolute Gasteiger partial charge is 0.386 e. The van der Waals surface area contributed by atoms with Crippen molar-refractivity contribution in [1.29, 1.82) is 0 Å². The van der Waals surface area contributed by atoms with Gasteiger partial charge in [-0.05, 0) is 19.4 Å². The molecular formula is C16H26F3NO2. The number of esters is 1. The van der Waals surface area contributed by atoms with Gasteiger partial charge in [0.2, 0.25) is 0 Å². The quantitative estimate of drug-likeness (QED) is 0.831. The molecule has 2 N–H and O–H groups in total. The Morgan fingerprint density at radius 1 is 1.27 bits per heavy atom. The summed E-state index contributed by atoms with van der Waals surface area (Å²) in [5.41, 5.74) is 7.60. The molecular weight excluding hydrogens is 295 g/mol. The maximum atomic E-state index is 11.3. The van der Waals surface area contributed by atoms with E-state index in [2.05, 4.69) is 13.8 Å². The third-order valence-corrected chi connectivity index (χ3v) is 1.94. The topological polar surface area (TPSA) is 52.3 Å². The lowest BCUT2D eigenvalue weighted by atomic mass is 10.1. The van der Waals surface area contributed by atoms with Crippen molar-refractivity contribution in [2.45, 2.75) is 53.3 Å². The van der Waals surface area contributed by atoms with Gasteiger partial charge in [0.1, 0.15) is 6.04 Å². The highest BCUT2D eigenvalue weighted by molar-refractivity contribution is 5.77. The number of aryl methyl sites for hydroxylation is 1. The van der Waals surface area contributed by atoms with Crippen molar-refractivity contribution >= 4 is 5.97 Å². The summed E-state index contributed by atoms with van der Waals surface area (Å²) in [6.07, 6.45) is -2.75. The first-order valence-corrected chi connectivity index (χ1v) is 7.12. The Kier molecular flexibility index (Phi) is 12.4. The SMILES string of the molecule is CC(F)(F)F.CCC.CCOC(=O)[C@H](N)c1cccc(C)c1. The number of rotatable bonds is 3. The highest BCUT2D eigenvalue weighted by atomic mass is 19.4. The van der Waals surface area contributed by atoms with Crippen molar-refractivity contribution in [1.82, 2.24) is 0 Å². The van der Waals surface area contributed by atoms with Crippen LogP contribution in [0, 0.1) is 6.92 Å². The number of alkyl halides is 3. The fourth-order valence-electron chi connectivity index (χ4n) is 1.23. The van der Waals surface area contributed by atoms with Crippen LogP contribution in [0.1, 0.15) is 51.3 Å². The first-order valence-electron chi connectivity index (χ1n) is 7.12. The lowest BCUT2D eigenvalue weighted by Gasteiger charge is -2.10. The van der Waals surface area contributed by atoms with E-state index in [9.17, 15) is 18.0 Å². The van der Waals surface area contributed by atoms with Gasteiger partial charge in [-0.1, -0.05) is 50.1 Å². The molecule has 0 unspecified atom stereocenters. The molecule has 0 aromatic heterocycles. The van der Waals surface area contributed by atoms with E-state index in [4.69, 9.17) is 10.5 Å². The van der Waals surface area contributed by atoms with Gasteiger partial charge in [-0.25, -0.2) is 4.79 Å². The number of halogens is 3. The van der Waals surface area contributed by atoms with Crippen LogP contribution in [0.3, 0.4) is 0 Å².